The number of aryl methyl sites for hydroxylation is 1. The topological polar surface area (TPSA) is 74.7 Å². The van der Waals surface area contributed by atoms with Crippen LogP contribution in [0.4, 0.5) is 8.78 Å². The zero-order chi connectivity index (χ0) is 27.2. The third kappa shape index (κ3) is 5.25. The van der Waals surface area contributed by atoms with Crippen molar-refractivity contribution in [2.75, 3.05) is 32.7 Å². The van der Waals surface area contributed by atoms with Gasteiger partial charge in [-0.3, -0.25) is 14.4 Å². The maximum absolute atomic E-state index is 13.4. The van der Waals surface area contributed by atoms with Crippen molar-refractivity contribution in [3.63, 3.8) is 0 Å². The summed E-state index contributed by atoms with van der Waals surface area (Å²) in [4.78, 5) is 42.4. The number of carbonyl (C=O) groups is 2. The number of fused-ring (bicyclic) bond motifs is 1. The molecule has 0 spiro atoms. The molecule has 0 bridgehead atoms. The average molecular weight is 527 g/mol. The maximum Gasteiger partial charge on any atom is 0.255 e. The fourth-order valence-corrected chi connectivity index (χ4v) is 6.35. The van der Waals surface area contributed by atoms with E-state index in [2.05, 4.69) is 10.2 Å². The number of benzene rings is 1. The summed E-state index contributed by atoms with van der Waals surface area (Å²) in [5, 5.41) is 3.03. The third-order valence-corrected chi connectivity index (χ3v) is 8.71. The number of pyridine rings is 1. The average Bonchev–Trinajstić information content (AvgIpc) is 3.43. The van der Waals surface area contributed by atoms with E-state index in [1.54, 1.807) is 7.05 Å². The van der Waals surface area contributed by atoms with E-state index in [1.807, 2.05) is 49.1 Å². The van der Waals surface area contributed by atoms with Gasteiger partial charge in [0.05, 0.1) is 11.6 Å². The number of amides is 2. The Labute approximate surface area is 221 Å². The molecule has 204 valence electrons. The molecule has 3 aliphatic rings. The van der Waals surface area contributed by atoms with Crippen molar-refractivity contribution in [3.8, 4) is 0 Å². The van der Waals surface area contributed by atoms with Crippen molar-refractivity contribution in [1.29, 1.82) is 0 Å². The molecule has 3 fully saturated rings. The summed E-state index contributed by atoms with van der Waals surface area (Å²) in [5.74, 6) is -2.87. The summed E-state index contributed by atoms with van der Waals surface area (Å²) in [6, 6.07) is 11.0. The van der Waals surface area contributed by atoms with Gasteiger partial charge in [0.2, 0.25) is 11.8 Å². The van der Waals surface area contributed by atoms with Crippen LogP contribution in [-0.2, 0) is 11.8 Å². The first-order chi connectivity index (χ1) is 18.0. The molecule has 3 heterocycles. The quantitative estimate of drug-likeness (QED) is 0.601. The highest BCUT2D eigenvalue weighted by Gasteiger charge is 2.49. The van der Waals surface area contributed by atoms with Crippen LogP contribution in [0.1, 0.15) is 52.5 Å². The minimum absolute atomic E-state index is 0.00928. The van der Waals surface area contributed by atoms with Crippen LogP contribution in [0.2, 0.25) is 0 Å². The summed E-state index contributed by atoms with van der Waals surface area (Å²) in [6.45, 7) is 7.55. The molecule has 2 aromatic rings. The monoisotopic (exact) mass is 526 g/mol. The second kappa shape index (κ2) is 10.2. The van der Waals surface area contributed by atoms with Crippen LogP contribution in [0, 0.1) is 31.6 Å². The van der Waals surface area contributed by atoms with Gasteiger partial charge >= 0.3 is 0 Å². The molecule has 38 heavy (non-hydrogen) atoms. The standard InChI is InChI=1S/C29H36F2N4O3/c1-18-11-25(36)33(3)19(2)26(18)28(38)35-16-22-14-34(15-23(22)17-35)10-9-24(20-7-5-4-6-8-20)32-27(37)21-12-29(30,31)13-21/h4-8,11,21-24H,9-10,12-17H2,1-3H3,(H,32,37)/t22-,23?,24?/m0/s1. The Morgan fingerprint density at radius 1 is 1.05 bits per heavy atom. The van der Waals surface area contributed by atoms with Crippen LogP contribution in [0.5, 0.6) is 0 Å². The molecule has 1 aromatic carbocycles. The predicted octanol–water partition coefficient (Wildman–Crippen LogP) is 3.30. The summed E-state index contributed by atoms with van der Waals surface area (Å²) in [5.41, 5.74) is 2.90. The van der Waals surface area contributed by atoms with Crippen LogP contribution in [0.15, 0.2) is 41.2 Å². The van der Waals surface area contributed by atoms with Crippen molar-refractivity contribution >= 4 is 11.8 Å². The first kappa shape index (κ1) is 26.5. The van der Waals surface area contributed by atoms with Gasteiger partial charge in [-0.2, -0.15) is 0 Å². The van der Waals surface area contributed by atoms with E-state index in [1.165, 1.54) is 10.6 Å². The van der Waals surface area contributed by atoms with E-state index in [-0.39, 0.29) is 36.3 Å². The van der Waals surface area contributed by atoms with Gasteiger partial charge in [0.15, 0.2) is 0 Å². The lowest BCUT2D eigenvalue weighted by Gasteiger charge is -2.35. The van der Waals surface area contributed by atoms with Crippen molar-refractivity contribution in [3.05, 3.63) is 69.1 Å². The van der Waals surface area contributed by atoms with Gasteiger partial charge < -0.3 is 19.7 Å². The molecule has 1 N–H and O–H groups in total. The highest BCUT2D eigenvalue weighted by molar-refractivity contribution is 5.96. The van der Waals surface area contributed by atoms with Gasteiger partial charge in [-0.1, -0.05) is 30.3 Å². The van der Waals surface area contributed by atoms with Crippen molar-refractivity contribution in [2.24, 2.45) is 24.8 Å². The predicted molar refractivity (Wildman–Crippen MR) is 140 cm³/mol. The summed E-state index contributed by atoms with van der Waals surface area (Å²) in [7, 11) is 1.69. The second-order valence-corrected chi connectivity index (χ2v) is 11.4. The fraction of sp³-hybridized carbons (Fsp3) is 0.552. The van der Waals surface area contributed by atoms with Crippen molar-refractivity contribution in [2.45, 2.75) is 45.1 Å². The largest absolute Gasteiger partial charge is 0.349 e. The molecule has 5 rings (SSSR count). The highest BCUT2D eigenvalue weighted by Crippen LogP contribution is 2.42. The number of carbonyl (C=O) groups excluding carboxylic acids is 2. The zero-order valence-electron chi connectivity index (χ0n) is 22.3. The van der Waals surface area contributed by atoms with Gasteiger partial charge in [-0.25, -0.2) is 8.78 Å². The van der Waals surface area contributed by atoms with Gasteiger partial charge in [-0.15, -0.1) is 0 Å². The fourth-order valence-electron chi connectivity index (χ4n) is 6.35. The summed E-state index contributed by atoms with van der Waals surface area (Å²) >= 11 is 0. The highest BCUT2D eigenvalue weighted by atomic mass is 19.3. The normalized spacial score (nSPS) is 23.7. The molecule has 1 saturated carbocycles. The molecule has 2 unspecified atom stereocenters. The number of aromatic nitrogens is 1. The van der Waals surface area contributed by atoms with Crippen LogP contribution in [-0.4, -0.2) is 64.8 Å². The molecule has 3 atom stereocenters. The Kier molecular flexibility index (Phi) is 7.15. The Morgan fingerprint density at radius 2 is 1.68 bits per heavy atom. The lowest BCUT2D eigenvalue weighted by Crippen LogP contribution is -2.46. The van der Waals surface area contributed by atoms with Crippen LogP contribution < -0.4 is 10.9 Å². The maximum atomic E-state index is 13.4. The van der Waals surface area contributed by atoms with Crippen LogP contribution in [0.3, 0.4) is 0 Å². The Bertz CT molecular complexity index is 1260. The van der Waals surface area contributed by atoms with Gasteiger partial charge in [0, 0.05) is 70.3 Å². The first-order valence-corrected chi connectivity index (χ1v) is 13.4. The summed E-state index contributed by atoms with van der Waals surface area (Å²) < 4.78 is 28.1. The molecular formula is C29H36F2N4O3. The molecule has 9 heteroatoms. The molecule has 2 aliphatic heterocycles. The van der Waals surface area contributed by atoms with E-state index >= 15 is 0 Å². The number of rotatable bonds is 7. The molecule has 7 nitrogen and oxygen atoms in total. The number of hydrogen-bond donors (Lipinski definition) is 1. The van der Waals surface area contributed by atoms with E-state index in [0.717, 1.165) is 25.2 Å². The number of hydrogen-bond acceptors (Lipinski definition) is 4. The number of nitrogens with one attached hydrogen (secondary N) is 1. The third-order valence-electron chi connectivity index (χ3n) is 8.71. The molecule has 2 amide bonds. The smallest absolute Gasteiger partial charge is 0.255 e. The SMILES string of the molecule is Cc1cc(=O)n(C)c(C)c1C(=O)N1CC2CN(CCC(NC(=O)C3CC(F)(F)C3)c3ccccc3)C[C@H]2C1. The Balaban J connectivity index is 1.18. The van der Waals surface area contributed by atoms with Crippen LogP contribution >= 0.6 is 0 Å². The van der Waals surface area contributed by atoms with Crippen molar-refractivity contribution < 1.29 is 18.4 Å². The lowest BCUT2D eigenvalue weighted by molar-refractivity contribution is -0.150. The molecule has 0 radical (unpaired) electrons. The van der Waals surface area contributed by atoms with Crippen molar-refractivity contribution in [1.82, 2.24) is 19.7 Å². The van der Waals surface area contributed by atoms with E-state index in [0.29, 0.717) is 48.2 Å². The lowest BCUT2D eigenvalue weighted by atomic mass is 9.80. The summed E-state index contributed by atoms with van der Waals surface area (Å²) in [6.07, 6.45) is -0.0514. The molecule has 1 aliphatic carbocycles. The Morgan fingerprint density at radius 3 is 2.29 bits per heavy atom. The molecular weight excluding hydrogens is 490 g/mol. The number of nitrogens with zero attached hydrogens (tertiary/aromatic N) is 3. The van der Waals surface area contributed by atoms with E-state index in [4.69, 9.17) is 0 Å². The molecule has 1 aromatic heterocycles. The minimum atomic E-state index is -2.72. The van der Waals surface area contributed by atoms with E-state index in [9.17, 15) is 23.2 Å². The number of likely N-dealkylation sites (tertiary alicyclic amines) is 2. The van der Waals surface area contributed by atoms with Gasteiger partial charge in [0.25, 0.3) is 11.5 Å². The van der Waals surface area contributed by atoms with E-state index < -0.39 is 11.8 Å². The second-order valence-electron chi connectivity index (χ2n) is 11.4. The molecule has 2 saturated heterocycles. The van der Waals surface area contributed by atoms with Crippen LogP contribution in [0.25, 0.3) is 0 Å². The van der Waals surface area contributed by atoms with Gasteiger partial charge in [0.1, 0.15) is 0 Å². The Hall–Kier alpha value is -3.07. The van der Waals surface area contributed by atoms with Gasteiger partial charge in [-0.05, 0) is 43.2 Å². The number of halogens is 2. The first-order valence-electron chi connectivity index (χ1n) is 13.4. The number of alkyl halides is 2. The minimum Gasteiger partial charge on any atom is -0.349 e. The zero-order valence-corrected chi connectivity index (χ0v) is 22.3.